The van der Waals surface area contributed by atoms with Gasteiger partial charge in [0, 0.05) is 31.2 Å². The quantitative estimate of drug-likeness (QED) is 0.867. The van der Waals surface area contributed by atoms with Crippen LogP contribution in [0.3, 0.4) is 0 Å². The molecule has 2 heterocycles. The summed E-state index contributed by atoms with van der Waals surface area (Å²) < 4.78 is 16.0. The van der Waals surface area contributed by atoms with Crippen molar-refractivity contribution >= 4 is 11.4 Å². The third-order valence-electron chi connectivity index (χ3n) is 4.77. The Morgan fingerprint density at radius 3 is 2.88 bits per heavy atom. The van der Waals surface area contributed by atoms with E-state index in [-0.39, 0.29) is 17.2 Å². The van der Waals surface area contributed by atoms with Gasteiger partial charge >= 0.3 is 0 Å². The molecule has 1 aliphatic carbocycles. The first kappa shape index (κ1) is 16.2. The minimum absolute atomic E-state index is 0.0310. The first-order valence-electron chi connectivity index (χ1n) is 7.90. The number of hydrogen-bond acceptors (Lipinski definition) is 4. The molecule has 0 saturated carbocycles. The lowest BCUT2D eigenvalue weighted by atomic mass is 9.75. The average Bonchev–Trinajstić information content (AvgIpc) is 3.08. The Morgan fingerprint density at radius 2 is 2.25 bits per heavy atom. The van der Waals surface area contributed by atoms with Crippen LogP contribution in [0.5, 0.6) is 0 Å². The monoisotopic (exact) mass is 325 g/mol. The largest absolute Gasteiger partial charge is 0.366 e. The van der Waals surface area contributed by atoms with E-state index in [1.54, 1.807) is 24.8 Å². The molecule has 0 radical (unpaired) electrons. The van der Waals surface area contributed by atoms with Gasteiger partial charge in [0.2, 0.25) is 0 Å². The molecule has 0 aromatic carbocycles. The van der Waals surface area contributed by atoms with Crippen LogP contribution >= 0.6 is 0 Å². The van der Waals surface area contributed by atoms with Crippen LogP contribution in [-0.4, -0.2) is 27.6 Å². The molecule has 3 rings (SSSR count). The fraction of sp³-hybridized carbons (Fsp3) is 0.389. The van der Waals surface area contributed by atoms with Gasteiger partial charge in [-0.25, -0.2) is 14.4 Å². The van der Waals surface area contributed by atoms with E-state index in [1.165, 1.54) is 11.8 Å². The second kappa shape index (κ2) is 6.08. The molecule has 0 N–H and O–H groups in total. The molecule has 0 amide bonds. The molecule has 5 nitrogen and oxygen atoms in total. The molecular weight excluding hydrogens is 305 g/mol. The molecule has 0 bridgehead atoms. The van der Waals surface area contributed by atoms with E-state index in [1.807, 2.05) is 22.7 Å². The van der Waals surface area contributed by atoms with Gasteiger partial charge in [-0.2, -0.15) is 5.26 Å². The average molecular weight is 325 g/mol. The first-order chi connectivity index (χ1) is 11.4. The van der Waals surface area contributed by atoms with Crippen LogP contribution < -0.4 is 4.90 Å². The van der Waals surface area contributed by atoms with E-state index in [2.05, 4.69) is 29.9 Å². The van der Waals surface area contributed by atoms with E-state index < -0.39 is 5.82 Å². The Balaban J connectivity index is 1.96. The molecule has 1 unspecified atom stereocenters. The summed E-state index contributed by atoms with van der Waals surface area (Å²) in [7, 11) is 1.93. The summed E-state index contributed by atoms with van der Waals surface area (Å²) in [5, 5.41) is 8.84. The van der Waals surface area contributed by atoms with Crippen LogP contribution in [0.1, 0.15) is 32.4 Å². The van der Waals surface area contributed by atoms with E-state index >= 15 is 0 Å². The molecule has 2 aromatic heterocycles. The van der Waals surface area contributed by atoms with Gasteiger partial charge in [-0.05, 0) is 24.3 Å². The van der Waals surface area contributed by atoms with Crippen molar-refractivity contribution in [2.75, 3.05) is 11.9 Å². The zero-order chi connectivity index (χ0) is 17.3. The standard InChI is InChI=1S/C18H20FN5/c1-18(2)5-4-13(24-7-6-21-12-24)9-17(18)23(3)14-8-15(19)16(10-20)22-11-14/h6-9,11-12,17H,4-5H2,1-3H3. The number of pyridine rings is 1. The molecule has 0 aliphatic heterocycles. The summed E-state index contributed by atoms with van der Waals surface area (Å²) >= 11 is 0. The van der Waals surface area contributed by atoms with Crippen LogP contribution in [0.15, 0.2) is 37.1 Å². The zero-order valence-corrected chi connectivity index (χ0v) is 14.1. The molecule has 1 atom stereocenters. The highest BCUT2D eigenvalue weighted by Crippen LogP contribution is 2.40. The van der Waals surface area contributed by atoms with Crippen molar-refractivity contribution in [1.82, 2.24) is 14.5 Å². The molecule has 0 fully saturated rings. The molecule has 1 aliphatic rings. The summed E-state index contributed by atoms with van der Waals surface area (Å²) in [4.78, 5) is 10.0. The SMILES string of the molecule is CN(c1cnc(C#N)c(F)c1)C1C=C(n2ccnc2)CCC1(C)C. The minimum atomic E-state index is -0.589. The van der Waals surface area contributed by atoms with E-state index in [0.29, 0.717) is 5.69 Å². The van der Waals surface area contributed by atoms with E-state index in [0.717, 1.165) is 12.8 Å². The number of nitrogens with zero attached hydrogens (tertiary/aromatic N) is 5. The van der Waals surface area contributed by atoms with Gasteiger partial charge < -0.3 is 9.47 Å². The Hall–Kier alpha value is -2.68. The van der Waals surface area contributed by atoms with E-state index in [9.17, 15) is 4.39 Å². The number of hydrogen-bond donors (Lipinski definition) is 0. The zero-order valence-electron chi connectivity index (χ0n) is 14.1. The Morgan fingerprint density at radius 1 is 1.46 bits per heavy atom. The number of rotatable bonds is 3. The second-order valence-electron chi connectivity index (χ2n) is 6.81. The fourth-order valence-corrected chi connectivity index (χ4v) is 3.23. The highest BCUT2D eigenvalue weighted by atomic mass is 19.1. The Kier molecular flexibility index (Phi) is 4.10. The second-order valence-corrected chi connectivity index (χ2v) is 6.81. The molecular formula is C18H20FN5. The van der Waals surface area contributed by atoms with Gasteiger partial charge in [0.15, 0.2) is 11.5 Å². The topological polar surface area (TPSA) is 57.7 Å². The number of nitriles is 1. The van der Waals surface area contributed by atoms with Gasteiger partial charge in [0.1, 0.15) is 6.07 Å². The summed E-state index contributed by atoms with van der Waals surface area (Å²) in [6.45, 7) is 4.42. The van der Waals surface area contributed by atoms with Gasteiger partial charge in [-0.3, -0.25) is 0 Å². The highest BCUT2D eigenvalue weighted by Gasteiger charge is 2.35. The molecule has 124 valence electrons. The summed E-state index contributed by atoms with van der Waals surface area (Å²) in [5.74, 6) is -0.589. The first-order valence-corrected chi connectivity index (χ1v) is 7.90. The maximum Gasteiger partial charge on any atom is 0.176 e. The summed E-state index contributed by atoms with van der Waals surface area (Å²) in [6.07, 6.45) is 11.2. The van der Waals surface area contributed by atoms with Crippen molar-refractivity contribution in [3.63, 3.8) is 0 Å². The van der Waals surface area contributed by atoms with Gasteiger partial charge in [-0.1, -0.05) is 13.8 Å². The lowest BCUT2D eigenvalue weighted by molar-refractivity contribution is 0.283. The number of halogens is 1. The van der Waals surface area contributed by atoms with Crippen molar-refractivity contribution < 1.29 is 4.39 Å². The maximum absolute atomic E-state index is 13.9. The third kappa shape index (κ3) is 2.90. The van der Waals surface area contributed by atoms with Gasteiger partial charge in [0.05, 0.1) is 24.3 Å². The number of anilines is 1. The number of likely N-dealkylation sites (N-methyl/N-ethyl adjacent to an activating group) is 1. The number of imidazole rings is 1. The third-order valence-corrected chi connectivity index (χ3v) is 4.77. The predicted molar refractivity (Wildman–Crippen MR) is 90.6 cm³/mol. The van der Waals surface area contributed by atoms with Crippen LogP contribution in [-0.2, 0) is 0 Å². The smallest absolute Gasteiger partial charge is 0.176 e. The molecule has 2 aromatic rings. The van der Waals surface area contributed by atoms with Crippen LogP contribution in [0.25, 0.3) is 5.70 Å². The number of aromatic nitrogens is 3. The molecule has 6 heteroatoms. The van der Waals surface area contributed by atoms with Crippen LogP contribution in [0, 0.1) is 22.6 Å². The normalized spacial score (nSPS) is 19.5. The van der Waals surface area contributed by atoms with Crippen molar-refractivity contribution in [3.05, 3.63) is 48.6 Å². The van der Waals surface area contributed by atoms with Gasteiger partial charge in [-0.15, -0.1) is 0 Å². The Bertz CT molecular complexity index is 801. The Labute approximate surface area is 141 Å². The maximum atomic E-state index is 13.9. The van der Waals surface area contributed by atoms with Gasteiger partial charge in [0.25, 0.3) is 0 Å². The molecule has 24 heavy (non-hydrogen) atoms. The van der Waals surface area contributed by atoms with Crippen LogP contribution in [0.2, 0.25) is 0 Å². The van der Waals surface area contributed by atoms with Crippen molar-refractivity contribution in [2.24, 2.45) is 5.41 Å². The molecule has 0 spiro atoms. The van der Waals surface area contributed by atoms with E-state index in [4.69, 9.17) is 5.26 Å². The lowest BCUT2D eigenvalue weighted by Gasteiger charge is -2.43. The summed E-state index contributed by atoms with van der Waals surface area (Å²) in [5.41, 5.74) is 1.70. The van der Waals surface area contributed by atoms with Crippen LogP contribution in [0.4, 0.5) is 10.1 Å². The molecule has 0 saturated heterocycles. The van der Waals surface area contributed by atoms with Crippen molar-refractivity contribution in [2.45, 2.75) is 32.7 Å². The highest BCUT2D eigenvalue weighted by molar-refractivity contribution is 5.55. The number of allylic oxidation sites excluding steroid dienone is 1. The fourth-order valence-electron chi connectivity index (χ4n) is 3.23. The summed E-state index contributed by atoms with van der Waals surface area (Å²) in [6, 6.07) is 3.21. The van der Waals surface area contributed by atoms with Crippen molar-refractivity contribution in [3.8, 4) is 6.07 Å². The lowest BCUT2D eigenvalue weighted by Crippen LogP contribution is -2.44. The minimum Gasteiger partial charge on any atom is -0.366 e. The van der Waals surface area contributed by atoms with Crippen molar-refractivity contribution in [1.29, 1.82) is 5.26 Å². The predicted octanol–water partition coefficient (Wildman–Crippen LogP) is 3.45.